The van der Waals surface area contributed by atoms with Gasteiger partial charge in [-0.25, -0.2) is 0 Å². The van der Waals surface area contributed by atoms with E-state index in [1.54, 1.807) is 0 Å². The molecular formula is C8H12OS. The fourth-order valence-corrected chi connectivity index (χ4v) is 2.19. The van der Waals surface area contributed by atoms with Gasteiger partial charge in [0.1, 0.15) is 0 Å². The molecule has 10 heavy (non-hydrogen) atoms. The van der Waals surface area contributed by atoms with E-state index in [0.717, 1.165) is 12.8 Å². The molecule has 0 saturated heterocycles. The minimum Gasteiger partial charge on any atom is -0.286 e. The molecule has 56 valence electrons. The lowest BCUT2D eigenvalue weighted by atomic mass is 10.1. The van der Waals surface area contributed by atoms with Gasteiger partial charge in [-0.1, -0.05) is 31.2 Å². The number of thioether (sulfide) groups is 1. The van der Waals surface area contributed by atoms with Crippen LogP contribution in [0.2, 0.25) is 0 Å². The summed E-state index contributed by atoms with van der Waals surface area (Å²) in [4.78, 5) is 12.2. The predicted molar refractivity (Wildman–Crippen MR) is 44.8 cm³/mol. The maximum atomic E-state index is 10.9. The Morgan fingerprint density at radius 3 is 2.50 bits per heavy atom. The lowest BCUT2D eigenvalue weighted by Crippen LogP contribution is -1.82. The van der Waals surface area contributed by atoms with E-state index in [9.17, 15) is 4.79 Å². The molecule has 0 aromatic rings. The van der Waals surface area contributed by atoms with Crippen LogP contribution in [0, 0.1) is 0 Å². The van der Waals surface area contributed by atoms with Crippen molar-refractivity contribution >= 4 is 16.9 Å². The van der Waals surface area contributed by atoms with Crippen molar-refractivity contribution in [2.45, 2.75) is 33.1 Å². The number of carbonyl (C=O) groups is 1. The molecule has 0 aromatic heterocycles. The summed E-state index contributed by atoms with van der Waals surface area (Å²) in [6.45, 7) is 4.22. The third kappa shape index (κ3) is 1.43. The molecule has 1 nitrogen and oxygen atoms in total. The Kier molecular flexibility index (Phi) is 2.55. The molecule has 0 saturated carbocycles. The summed E-state index contributed by atoms with van der Waals surface area (Å²) in [5.41, 5.74) is 1.36. The van der Waals surface area contributed by atoms with Gasteiger partial charge in [0, 0.05) is 6.42 Å². The molecular weight excluding hydrogens is 144 g/mol. The Balaban J connectivity index is 2.70. The fraction of sp³-hybridized carbons (Fsp3) is 0.625. The van der Waals surface area contributed by atoms with Gasteiger partial charge in [0.05, 0.1) is 0 Å². The largest absolute Gasteiger partial charge is 0.286 e. The molecule has 0 radical (unpaired) electrons. The molecule has 2 heteroatoms. The summed E-state index contributed by atoms with van der Waals surface area (Å²) in [6, 6.07) is 0. The highest BCUT2D eigenvalue weighted by Crippen LogP contribution is 2.36. The smallest absolute Gasteiger partial charge is 0.197 e. The summed E-state index contributed by atoms with van der Waals surface area (Å²) in [5.74, 6) is 0. The average Bonchev–Trinajstić information content (AvgIpc) is 2.30. The lowest BCUT2D eigenvalue weighted by Gasteiger charge is -1.96. The average molecular weight is 156 g/mol. The van der Waals surface area contributed by atoms with Crippen molar-refractivity contribution in [3.05, 3.63) is 10.5 Å². The summed E-state index contributed by atoms with van der Waals surface area (Å²) >= 11 is 1.44. The van der Waals surface area contributed by atoms with E-state index in [1.807, 2.05) is 0 Å². The number of rotatable bonds is 2. The van der Waals surface area contributed by atoms with E-state index in [-0.39, 0.29) is 0 Å². The molecule has 0 aromatic carbocycles. The molecule has 0 aliphatic carbocycles. The third-order valence-corrected chi connectivity index (χ3v) is 2.93. The van der Waals surface area contributed by atoms with Crippen molar-refractivity contribution in [1.82, 2.24) is 0 Å². The van der Waals surface area contributed by atoms with Gasteiger partial charge in [-0.2, -0.15) is 0 Å². The fourth-order valence-electron chi connectivity index (χ4n) is 1.16. The van der Waals surface area contributed by atoms with E-state index in [4.69, 9.17) is 0 Å². The Morgan fingerprint density at radius 2 is 2.10 bits per heavy atom. The highest BCUT2D eigenvalue weighted by Gasteiger charge is 2.19. The first-order chi connectivity index (χ1) is 4.77. The summed E-state index contributed by atoms with van der Waals surface area (Å²) in [5, 5.41) is 0.328. The molecule has 0 amide bonds. The molecule has 1 rings (SSSR count). The predicted octanol–water partition coefficient (Wildman–Crippen LogP) is 2.72. The SMILES string of the molecule is CCC1=C(CC)SC(=O)C1. The second kappa shape index (κ2) is 3.24. The van der Waals surface area contributed by atoms with E-state index >= 15 is 0 Å². The van der Waals surface area contributed by atoms with E-state index in [2.05, 4.69) is 13.8 Å². The van der Waals surface area contributed by atoms with Crippen LogP contribution in [0.15, 0.2) is 10.5 Å². The van der Waals surface area contributed by atoms with Crippen molar-refractivity contribution in [2.24, 2.45) is 0 Å². The molecule has 1 aliphatic heterocycles. The van der Waals surface area contributed by atoms with Gasteiger partial charge in [-0.05, 0) is 17.7 Å². The van der Waals surface area contributed by atoms with Crippen LogP contribution >= 0.6 is 11.8 Å². The van der Waals surface area contributed by atoms with Crippen molar-refractivity contribution in [3.63, 3.8) is 0 Å². The van der Waals surface area contributed by atoms with E-state index in [0.29, 0.717) is 11.5 Å². The molecule has 0 N–H and O–H groups in total. The lowest BCUT2D eigenvalue weighted by molar-refractivity contribution is -0.110. The normalized spacial score (nSPS) is 18.8. The van der Waals surface area contributed by atoms with Gasteiger partial charge < -0.3 is 0 Å². The zero-order chi connectivity index (χ0) is 7.56. The Bertz CT molecular complexity index is 164. The highest BCUT2D eigenvalue weighted by atomic mass is 32.2. The summed E-state index contributed by atoms with van der Waals surface area (Å²) < 4.78 is 0. The van der Waals surface area contributed by atoms with Crippen LogP contribution in [0.25, 0.3) is 0 Å². The number of hydrogen-bond donors (Lipinski definition) is 0. The van der Waals surface area contributed by atoms with Crippen molar-refractivity contribution in [3.8, 4) is 0 Å². The van der Waals surface area contributed by atoms with E-state index in [1.165, 1.54) is 22.2 Å². The Hall–Kier alpha value is -0.240. The first kappa shape index (κ1) is 7.86. The first-order valence-electron chi connectivity index (χ1n) is 3.69. The molecule has 0 bridgehead atoms. The zero-order valence-corrected chi connectivity index (χ0v) is 7.25. The number of hydrogen-bond acceptors (Lipinski definition) is 2. The minimum absolute atomic E-state index is 0.328. The molecule has 1 aliphatic rings. The van der Waals surface area contributed by atoms with E-state index < -0.39 is 0 Å². The molecule has 0 unspecified atom stereocenters. The summed E-state index contributed by atoms with van der Waals surface area (Å²) in [6.07, 6.45) is 2.77. The standard InChI is InChI=1S/C8H12OS/c1-3-6-5-8(9)10-7(6)4-2/h3-5H2,1-2H3. The highest BCUT2D eigenvalue weighted by molar-refractivity contribution is 8.17. The quantitative estimate of drug-likeness (QED) is 0.611. The zero-order valence-electron chi connectivity index (χ0n) is 6.44. The molecule has 0 spiro atoms. The van der Waals surface area contributed by atoms with Gasteiger partial charge in [0.25, 0.3) is 0 Å². The third-order valence-electron chi connectivity index (χ3n) is 1.74. The molecule has 0 atom stereocenters. The van der Waals surface area contributed by atoms with Crippen LogP contribution in [0.5, 0.6) is 0 Å². The minimum atomic E-state index is 0.328. The maximum absolute atomic E-state index is 10.9. The van der Waals surface area contributed by atoms with Gasteiger partial charge in [-0.3, -0.25) is 4.79 Å². The van der Waals surface area contributed by atoms with Crippen LogP contribution in [-0.4, -0.2) is 5.12 Å². The van der Waals surface area contributed by atoms with Crippen LogP contribution in [0.1, 0.15) is 33.1 Å². The van der Waals surface area contributed by atoms with Gasteiger partial charge in [0.15, 0.2) is 5.12 Å². The topological polar surface area (TPSA) is 17.1 Å². The second-order valence-electron chi connectivity index (χ2n) is 2.38. The van der Waals surface area contributed by atoms with Gasteiger partial charge >= 0.3 is 0 Å². The van der Waals surface area contributed by atoms with Gasteiger partial charge in [-0.15, -0.1) is 0 Å². The van der Waals surface area contributed by atoms with Crippen LogP contribution in [-0.2, 0) is 4.79 Å². The molecule has 0 fully saturated rings. The Morgan fingerprint density at radius 1 is 1.40 bits per heavy atom. The first-order valence-corrected chi connectivity index (χ1v) is 4.51. The number of allylic oxidation sites excluding steroid dienone is 2. The number of carbonyl (C=O) groups excluding carboxylic acids is 1. The van der Waals surface area contributed by atoms with Crippen molar-refractivity contribution in [1.29, 1.82) is 0 Å². The molecule has 1 heterocycles. The van der Waals surface area contributed by atoms with Crippen LogP contribution < -0.4 is 0 Å². The monoisotopic (exact) mass is 156 g/mol. The van der Waals surface area contributed by atoms with Crippen LogP contribution in [0.4, 0.5) is 0 Å². The maximum Gasteiger partial charge on any atom is 0.197 e. The van der Waals surface area contributed by atoms with Crippen molar-refractivity contribution < 1.29 is 4.79 Å². The Labute approximate surface area is 65.9 Å². The van der Waals surface area contributed by atoms with Crippen LogP contribution in [0.3, 0.4) is 0 Å². The summed E-state index contributed by atoms with van der Waals surface area (Å²) in [7, 11) is 0. The van der Waals surface area contributed by atoms with Crippen molar-refractivity contribution in [2.75, 3.05) is 0 Å². The second-order valence-corrected chi connectivity index (χ2v) is 3.54. The van der Waals surface area contributed by atoms with Gasteiger partial charge in [0.2, 0.25) is 0 Å².